The molecule has 0 atom stereocenters. The molecule has 4 rings (SSSR count). The first-order valence-electron chi connectivity index (χ1n) is 10.1. The second-order valence-electron chi connectivity index (χ2n) is 7.66. The number of nitrogens with two attached hydrogens (primary N) is 1. The molecule has 3 aromatic rings. The van der Waals surface area contributed by atoms with Gasteiger partial charge in [-0.1, -0.05) is 12.1 Å². The highest BCUT2D eigenvalue weighted by molar-refractivity contribution is 5.87. The average molecular weight is 431 g/mol. The highest BCUT2D eigenvalue weighted by Gasteiger charge is 2.23. The topological polar surface area (TPSA) is 110 Å². The summed E-state index contributed by atoms with van der Waals surface area (Å²) in [6, 6.07) is 13.1. The van der Waals surface area contributed by atoms with E-state index in [1.54, 1.807) is 12.1 Å². The van der Waals surface area contributed by atoms with Gasteiger partial charge in [0, 0.05) is 30.8 Å². The van der Waals surface area contributed by atoms with Crippen molar-refractivity contribution in [2.45, 2.75) is 18.9 Å². The molecule has 1 fully saturated rings. The Labute approximate surface area is 183 Å². The number of piperidine rings is 1. The number of rotatable bonds is 3. The van der Waals surface area contributed by atoms with Crippen molar-refractivity contribution in [3.05, 3.63) is 65.2 Å². The zero-order chi connectivity index (χ0) is 22.8. The van der Waals surface area contributed by atoms with Crippen molar-refractivity contribution in [3.63, 3.8) is 0 Å². The van der Waals surface area contributed by atoms with E-state index in [-0.39, 0.29) is 34.2 Å². The maximum absolute atomic E-state index is 14.4. The lowest BCUT2D eigenvalue weighted by atomic mass is 9.96. The molecule has 160 valence electrons. The quantitative estimate of drug-likeness (QED) is 0.647. The molecule has 2 aromatic carbocycles. The smallest absolute Gasteiger partial charge is 0.141 e. The van der Waals surface area contributed by atoms with Crippen LogP contribution in [0.25, 0.3) is 22.4 Å². The fraction of sp³-hybridized carbons (Fsp3) is 0.208. The fourth-order valence-electron chi connectivity index (χ4n) is 3.82. The van der Waals surface area contributed by atoms with Crippen LogP contribution in [0.3, 0.4) is 0 Å². The number of aromatic nitrogens is 1. The average Bonchev–Trinajstić information content (AvgIpc) is 2.79. The number of nitrogens with zero attached hydrogens (tertiary/aromatic N) is 4. The molecule has 1 aliphatic rings. The molecule has 0 bridgehead atoms. The normalized spacial score (nSPS) is 14.1. The summed E-state index contributed by atoms with van der Waals surface area (Å²) >= 11 is 0. The summed E-state index contributed by atoms with van der Waals surface area (Å²) in [5.41, 5.74) is 6.79. The summed E-state index contributed by atoms with van der Waals surface area (Å²) in [5.74, 6) is -1.13. The minimum Gasteiger partial charge on any atom is -0.507 e. The molecule has 3 N–H and O–H groups in total. The molecule has 6 nitrogen and oxygen atoms in total. The molecule has 1 aliphatic heterocycles. The van der Waals surface area contributed by atoms with Crippen molar-refractivity contribution in [1.29, 1.82) is 10.5 Å². The molecule has 8 heteroatoms. The highest BCUT2D eigenvalue weighted by atomic mass is 19.1. The Kier molecular flexibility index (Phi) is 5.72. The number of nitriles is 2. The lowest BCUT2D eigenvalue weighted by Crippen LogP contribution is -2.40. The van der Waals surface area contributed by atoms with Gasteiger partial charge in [0.05, 0.1) is 22.4 Å². The van der Waals surface area contributed by atoms with Gasteiger partial charge in [0.15, 0.2) is 0 Å². The van der Waals surface area contributed by atoms with Crippen LogP contribution < -0.4 is 10.6 Å². The lowest BCUT2D eigenvalue weighted by Gasteiger charge is -2.31. The van der Waals surface area contributed by atoms with Gasteiger partial charge in [0.2, 0.25) is 0 Å². The summed E-state index contributed by atoms with van der Waals surface area (Å²) in [7, 11) is 0. The van der Waals surface area contributed by atoms with Gasteiger partial charge in [-0.3, -0.25) is 0 Å². The second-order valence-corrected chi connectivity index (χ2v) is 7.66. The van der Waals surface area contributed by atoms with Crippen LogP contribution in [0.5, 0.6) is 5.75 Å². The van der Waals surface area contributed by atoms with Crippen LogP contribution in [0, 0.1) is 34.3 Å². The van der Waals surface area contributed by atoms with Crippen molar-refractivity contribution < 1.29 is 13.9 Å². The predicted octanol–water partition coefficient (Wildman–Crippen LogP) is 4.07. The van der Waals surface area contributed by atoms with Crippen LogP contribution in [0.1, 0.15) is 24.0 Å². The standard InChI is InChI=1S/C24H19F2N5O/c25-19-9-14(1-3-16(19)12-27)23-21(32)11-22(31-7-5-18(29)6-8-31)30-24(23)15-2-4-17(13-28)20(26)10-15/h1-4,9-11,18H,5-8,29H2,(H,30,32). The largest absolute Gasteiger partial charge is 0.507 e. The van der Waals surface area contributed by atoms with Gasteiger partial charge in [-0.15, -0.1) is 0 Å². The third-order valence-electron chi connectivity index (χ3n) is 5.59. The Hall–Kier alpha value is -4.01. The molecule has 0 radical (unpaired) electrons. The predicted molar refractivity (Wildman–Crippen MR) is 116 cm³/mol. The minimum atomic E-state index is -0.740. The Balaban J connectivity index is 1.91. The van der Waals surface area contributed by atoms with E-state index in [0.29, 0.717) is 30.0 Å². The molecule has 32 heavy (non-hydrogen) atoms. The van der Waals surface area contributed by atoms with Gasteiger partial charge in [-0.2, -0.15) is 10.5 Å². The van der Waals surface area contributed by atoms with Gasteiger partial charge >= 0.3 is 0 Å². The van der Waals surface area contributed by atoms with E-state index < -0.39 is 11.6 Å². The van der Waals surface area contributed by atoms with E-state index in [2.05, 4.69) is 4.98 Å². The second kappa shape index (κ2) is 8.62. The number of benzene rings is 2. The van der Waals surface area contributed by atoms with Crippen molar-refractivity contribution in [1.82, 2.24) is 4.98 Å². The molecule has 0 spiro atoms. The van der Waals surface area contributed by atoms with Gasteiger partial charge in [0.1, 0.15) is 35.3 Å². The molecular formula is C24H19F2N5O. The fourth-order valence-corrected chi connectivity index (χ4v) is 3.82. The van der Waals surface area contributed by atoms with Gasteiger partial charge in [-0.05, 0) is 42.7 Å². The third kappa shape index (κ3) is 3.96. The number of aromatic hydroxyl groups is 1. The summed E-state index contributed by atoms with van der Waals surface area (Å²) in [6.45, 7) is 1.30. The lowest BCUT2D eigenvalue weighted by molar-refractivity contribution is 0.473. The summed E-state index contributed by atoms with van der Waals surface area (Å²) in [5, 5.41) is 29.0. The summed E-state index contributed by atoms with van der Waals surface area (Å²) in [4.78, 5) is 6.67. The Morgan fingerprint density at radius 3 is 2.06 bits per heavy atom. The van der Waals surface area contributed by atoms with Crippen LogP contribution >= 0.6 is 0 Å². The van der Waals surface area contributed by atoms with E-state index in [9.17, 15) is 13.9 Å². The van der Waals surface area contributed by atoms with Crippen LogP contribution in [-0.4, -0.2) is 29.2 Å². The van der Waals surface area contributed by atoms with Crippen LogP contribution in [0.4, 0.5) is 14.6 Å². The van der Waals surface area contributed by atoms with Crippen molar-refractivity contribution in [2.75, 3.05) is 18.0 Å². The van der Waals surface area contributed by atoms with E-state index in [1.807, 2.05) is 4.90 Å². The van der Waals surface area contributed by atoms with Crippen molar-refractivity contribution in [2.24, 2.45) is 5.73 Å². The van der Waals surface area contributed by atoms with E-state index >= 15 is 0 Å². The molecule has 0 aliphatic carbocycles. The first-order chi connectivity index (χ1) is 15.4. The summed E-state index contributed by atoms with van der Waals surface area (Å²) in [6.07, 6.45) is 1.54. The molecule has 1 saturated heterocycles. The van der Waals surface area contributed by atoms with Gasteiger partial charge in [-0.25, -0.2) is 13.8 Å². The maximum atomic E-state index is 14.4. The Bertz CT molecular complexity index is 1270. The van der Waals surface area contributed by atoms with E-state index in [4.69, 9.17) is 16.3 Å². The first kappa shape index (κ1) is 21.2. The van der Waals surface area contributed by atoms with E-state index in [1.165, 1.54) is 36.4 Å². The number of halogens is 2. The van der Waals surface area contributed by atoms with Gasteiger partial charge in [0.25, 0.3) is 0 Å². The van der Waals surface area contributed by atoms with Crippen LogP contribution in [0.2, 0.25) is 0 Å². The maximum Gasteiger partial charge on any atom is 0.141 e. The molecule has 0 unspecified atom stereocenters. The summed E-state index contributed by atoms with van der Waals surface area (Å²) < 4.78 is 28.7. The molecular weight excluding hydrogens is 412 g/mol. The van der Waals surface area contributed by atoms with Crippen molar-refractivity contribution >= 4 is 5.82 Å². The monoisotopic (exact) mass is 431 g/mol. The highest BCUT2D eigenvalue weighted by Crippen LogP contribution is 2.41. The number of hydrogen-bond donors (Lipinski definition) is 2. The zero-order valence-electron chi connectivity index (χ0n) is 17.0. The minimum absolute atomic E-state index is 0.104. The molecule has 2 heterocycles. The Morgan fingerprint density at radius 1 is 0.938 bits per heavy atom. The Morgan fingerprint density at radius 2 is 1.50 bits per heavy atom. The number of hydrogen-bond acceptors (Lipinski definition) is 6. The first-order valence-corrected chi connectivity index (χ1v) is 10.1. The molecule has 1 aromatic heterocycles. The number of pyridine rings is 1. The molecule has 0 saturated carbocycles. The molecule has 0 amide bonds. The van der Waals surface area contributed by atoms with Gasteiger partial charge < -0.3 is 15.7 Å². The van der Waals surface area contributed by atoms with Crippen LogP contribution in [-0.2, 0) is 0 Å². The van der Waals surface area contributed by atoms with E-state index in [0.717, 1.165) is 18.9 Å². The SMILES string of the molecule is N#Cc1ccc(-c2nc(N3CCC(N)CC3)cc(O)c2-c2ccc(C#N)c(F)c2)cc1F. The number of anilines is 1. The van der Waals surface area contributed by atoms with Crippen LogP contribution in [0.15, 0.2) is 42.5 Å². The third-order valence-corrected chi connectivity index (χ3v) is 5.59. The van der Waals surface area contributed by atoms with Crippen molar-refractivity contribution in [3.8, 4) is 40.3 Å². The zero-order valence-corrected chi connectivity index (χ0v) is 17.0.